The molecular weight excluding hydrogens is 900 g/mol. The van der Waals surface area contributed by atoms with Crippen LogP contribution in [0.4, 0.5) is 30.2 Å². The zero-order chi connectivity index (χ0) is 47.4. The number of piperazine rings is 1. The summed E-state index contributed by atoms with van der Waals surface area (Å²) in [5, 5.41) is 3.01. The monoisotopic (exact) mass is 949 g/mol. The van der Waals surface area contributed by atoms with Gasteiger partial charge in [0.15, 0.2) is 5.82 Å². The molecule has 1 unspecified atom stereocenters. The Morgan fingerprint density at radius 1 is 0.824 bits per heavy atom. The van der Waals surface area contributed by atoms with Crippen molar-refractivity contribution in [2.45, 2.75) is 50.7 Å². The van der Waals surface area contributed by atoms with E-state index >= 15 is 8.78 Å². The molecule has 354 valence electrons. The molecule has 5 aliphatic heterocycles. The van der Waals surface area contributed by atoms with Gasteiger partial charge in [0.05, 0.1) is 22.4 Å². The van der Waals surface area contributed by atoms with E-state index < -0.39 is 62.9 Å². The number of carbonyl (C=O) groups is 4. The van der Waals surface area contributed by atoms with Crippen LogP contribution in [0.25, 0.3) is 22.2 Å². The predicted octanol–water partition coefficient (Wildman–Crippen LogP) is 6.26. The standard InChI is InChI=1S/C49H50F3N9O6S/c1-29-2-11-42(47(63)55-29)61-48(64)36-8-7-35(25-38(36)49(61)65)58-17-13-30(14-18-58)12-16-57-20-22-59(23-21-57)34-5-3-31(4-6-34)32-24-37-39(27-54-46(37)53-26-32)45(62)43-40(51)9-10-41(44(43)52)56-68(66,67)60-19-15-33(50)28-60/h3-10,24-27,30,33,42,56H,1-2,11-23,28H2,(H,53,54)(H,55,63)/t33-,42?/m1/s1. The van der Waals surface area contributed by atoms with E-state index in [9.17, 15) is 32.0 Å². The van der Waals surface area contributed by atoms with Gasteiger partial charge in [0.2, 0.25) is 11.7 Å². The number of fused-ring (bicyclic) bond motifs is 2. The summed E-state index contributed by atoms with van der Waals surface area (Å²) in [5.41, 5.74) is 3.47. The Hall–Kier alpha value is -6.57. The smallest absolute Gasteiger partial charge is 0.301 e. The van der Waals surface area contributed by atoms with Crippen molar-refractivity contribution in [3.63, 3.8) is 0 Å². The first-order valence-corrected chi connectivity index (χ1v) is 24.4. The summed E-state index contributed by atoms with van der Waals surface area (Å²) in [4.78, 5) is 68.6. The second-order valence-electron chi connectivity index (χ2n) is 18.2. The number of anilines is 3. The molecule has 68 heavy (non-hydrogen) atoms. The number of aromatic amines is 1. The molecular formula is C49H50F3N9O6S. The molecule has 2 aromatic heterocycles. The van der Waals surface area contributed by atoms with Crippen molar-refractivity contribution < 1.29 is 40.8 Å². The van der Waals surface area contributed by atoms with Crippen LogP contribution in [0.1, 0.15) is 75.2 Å². The van der Waals surface area contributed by atoms with Crippen molar-refractivity contribution >= 4 is 61.8 Å². The van der Waals surface area contributed by atoms with Crippen LogP contribution in [0.15, 0.2) is 85.3 Å². The third-order valence-corrected chi connectivity index (χ3v) is 15.6. The molecule has 15 nitrogen and oxygen atoms in total. The molecule has 4 fully saturated rings. The van der Waals surface area contributed by atoms with Crippen molar-refractivity contribution in [3.05, 3.63) is 119 Å². The number of rotatable bonds is 12. The molecule has 10 rings (SSSR count). The normalized spacial score (nSPS) is 21.0. The first-order valence-electron chi connectivity index (χ1n) is 23.0. The molecule has 0 bridgehead atoms. The maximum atomic E-state index is 15.8. The Morgan fingerprint density at radius 3 is 2.26 bits per heavy atom. The van der Waals surface area contributed by atoms with Crippen LogP contribution >= 0.6 is 0 Å². The van der Waals surface area contributed by atoms with E-state index in [0.29, 0.717) is 52.2 Å². The molecule has 3 N–H and O–H groups in total. The van der Waals surface area contributed by atoms with Gasteiger partial charge in [-0.05, 0) is 105 Å². The number of amides is 3. The number of piperidine rings is 2. The zero-order valence-corrected chi connectivity index (χ0v) is 38.0. The van der Waals surface area contributed by atoms with Crippen LogP contribution in [0.3, 0.4) is 0 Å². The van der Waals surface area contributed by atoms with E-state index in [1.54, 1.807) is 24.4 Å². The minimum Gasteiger partial charge on any atom is -0.371 e. The summed E-state index contributed by atoms with van der Waals surface area (Å²) in [6.07, 6.45) is 5.64. The molecule has 2 atom stereocenters. The Balaban J connectivity index is 0.715. The summed E-state index contributed by atoms with van der Waals surface area (Å²) < 4.78 is 73.1. The zero-order valence-electron chi connectivity index (χ0n) is 37.1. The molecule has 3 amide bonds. The van der Waals surface area contributed by atoms with Gasteiger partial charge in [-0.15, -0.1) is 0 Å². The van der Waals surface area contributed by atoms with Crippen molar-refractivity contribution in [1.29, 1.82) is 0 Å². The largest absolute Gasteiger partial charge is 0.371 e. The SMILES string of the molecule is C=C1CCC(N2C(=O)c3ccc(N4CCC(CCN5CCN(c6ccc(-c7cnc8[nH]cc(C(=O)c9c(F)ccc(NS(=O)(=O)N%10CC[C@@H](F)C%10)c9F)c8c7)cc6)CC5)CC4)cc3C2=O)C(=O)N1. The molecule has 0 aliphatic carbocycles. The summed E-state index contributed by atoms with van der Waals surface area (Å²) in [6, 6.07) is 16.0. The van der Waals surface area contributed by atoms with Crippen LogP contribution in [-0.2, 0) is 15.0 Å². The van der Waals surface area contributed by atoms with E-state index in [1.807, 2.05) is 35.1 Å². The van der Waals surface area contributed by atoms with Gasteiger partial charge in [0.25, 0.3) is 11.8 Å². The van der Waals surface area contributed by atoms with Gasteiger partial charge in [0.1, 0.15) is 23.7 Å². The lowest BCUT2D eigenvalue weighted by atomic mass is 9.92. The first-order chi connectivity index (χ1) is 32.7. The lowest BCUT2D eigenvalue weighted by Crippen LogP contribution is -2.51. The molecule has 7 heterocycles. The highest BCUT2D eigenvalue weighted by Gasteiger charge is 2.44. The molecule has 0 saturated carbocycles. The second-order valence-corrected chi connectivity index (χ2v) is 19.9. The van der Waals surface area contributed by atoms with Crippen molar-refractivity contribution in [1.82, 2.24) is 29.4 Å². The number of halogens is 3. The van der Waals surface area contributed by atoms with Gasteiger partial charge in [0, 0.05) is 98.3 Å². The average molecular weight is 950 g/mol. The average Bonchev–Trinajstić information content (AvgIpc) is 4.05. The second kappa shape index (κ2) is 18.2. The Kier molecular flexibility index (Phi) is 12.1. The Bertz CT molecular complexity index is 2970. The van der Waals surface area contributed by atoms with E-state index in [4.69, 9.17) is 0 Å². The number of allylic oxidation sites excluding steroid dienone is 1. The van der Waals surface area contributed by atoms with Crippen LogP contribution in [0, 0.1) is 17.6 Å². The van der Waals surface area contributed by atoms with Crippen molar-refractivity contribution in [2.75, 3.05) is 73.4 Å². The topological polar surface area (TPSA) is 171 Å². The van der Waals surface area contributed by atoms with Crippen molar-refractivity contribution in [2.24, 2.45) is 5.92 Å². The third kappa shape index (κ3) is 8.62. The lowest BCUT2D eigenvalue weighted by molar-refractivity contribution is -0.125. The number of nitrogens with zero attached hydrogens (tertiary/aromatic N) is 6. The minimum atomic E-state index is -4.36. The molecule has 5 aromatic rings. The third-order valence-electron chi connectivity index (χ3n) is 14.1. The molecule has 4 saturated heterocycles. The Morgan fingerprint density at radius 2 is 1.54 bits per heavy atom. The number of alkyl halides is 1. The van der Waals surface area contributed by atoms with Crippen LogP contribution in [0.2, 0.25) is 0 Å². The number of carbonyl (C=O) groups excluding carboxylic acids is 4. The summed E-state index contributed by atoms with van der Waals surface area (Å²) in [5.74, 6) is -4.20. The van der Waals surface area contributed by atoms with E-state index in [-0.39, 0.29) is 31.0 Å². The van der Waals surface area contributed by atoms with Gasteiger partial charge in [-0.25, -0.2) is 18.2 Å². The van der Waals surface area contributed by atoms with Crippen LogP contribution in [-0.4, -0.2) is 127 Å². The maximum Gasteiger partial charge on any atom is 0.301 e. The van der Waals surface area contributed by atoms with Gasteiger partial charge >= 0.3 is 10.2 Å². The summed E-state index contributed by atoms with van der Waals surface area (Å²) in [7, 11) is -4.36. The van der Waals surface area contributed by atoms with Gasteiger partial charge in [-0.2, -0.15) is 12.7 Å². The number of pyridine rings is 1. The fourth-order valence-electron chi connectivity index (χ4n) is 10.1. The van der Waals surface area contributed by atoms with Crippen molar-refractivity contribution in [3.8, 4) is 11.1 Å². The maximum absolute atomic E-state index is 15.8. The lowest BCUT2D eigenvalue weighted by Gasteiger charge is -2.38. The highest BCUT2D eigenvalue weighted by Crippen LogP contribution is 2.35. The number of ketones is 1. The van der Waals surface area contributed by atoms with Gasteiger partial charge in [-0.3, -0.25) is 33.7 Å². The quantitative estimate of drug-likeness (QED) is 0.0959. The first kappa shape index (κ1) is 45.2. The fraction of sp³-hybridized carbons (Fsp3) is 0.367. The molecule has 19 heteroatoms. The highest BCUT2D eigenvalue weighted by atomic mass is 32.2. The molecule has 5 aliphatic rings. The number of nitrogens with one attached hydrogen (secondary N) is 3. The van der Waals surface area contributed by atoms with Crippen LogP contribution in [0.5, 0.6) is 0 Å². The number of imide groups is 1. The number of hydrogen-bond acceptors (Lipinski definition) is 10. The fourth-order valence-corrected chi connectivity index (χ4v) is 11.4. The number of benzene rings is 3. The van der Waals surface area contributed by atoms with E-state index in [2.05, 4.69) is 36.6 Å². The predicted molar refractivity (Wildman–Crippen MR) is 250 cm³/mol. The number of hydrogen-bond donors (Lipinski definition) is 3. The Labute approximate surface area is 391 Å². The highest BCUT2D eigenvalue weighted by molar-refractivity contribution is 7.90. The molecule has 3 aromatic carbocycles. The van der Waals surface area contributed by atoms with E-state index in [0.717, 1.165) is 103 Å². The minimum absolute atomic E-state index is 0.00192. The van der Waals surface area contributed by atoms with Gasteiger partial charge < -0.3 is 20.1 Å². The van der Waals surface area contributed by atoms with Crippen LogP contribution < -0.4 is 19.8 Å². The summed E-state index contributed by atoms with van der Waals surface area (Å²) >= 11 is 0. The summed E-state index contributed by atoms with van der Waals surface area (Å²) in [6.45, 7) is 9.61. The van der Waals surface area contributed by atoms with Gasteiger partial charge in [-0.1, -0.05) is 18.7 Å². The number of aromatic nitrogens is 2. The number of H-pyrrole nitrogens is 1. The molecule has 0 spiro atoms. The van der Waals surface area contributed by atoms with E-state index in [1.165, 1.54) is 6.20 Å². The molecule has 0 radical (unpaired) electrons.